The molecule has 0 saturated carbocycles. The molecule has 10 amide bonds. The number of nitrogens with one attached hydrogen (secondary N) is 10. The molecule has 6 aromatic heterocycles. The number of nitrogens with two attached hydrogens (primary N) is 1. The number of aromatic nitrogens is 6. The molecule has 5 atom stereocenters. The molecule has 17 rings (SSSR count). The van der Waals surface area contributed by atoms with Gasteiger partial charge < -0.3 is 86.1 Å². The topological polar surface area (TPSA) is 518 Å². The highest BCUT2D eigenvalue weighted by molar-refractivity contribution is 9.11. The Balaban J connectivity index is 0.000000234. The van der Waals surface area contributed by atoms with Crippen molar-refractivity contribution < 1.29 is 77.4 Å². The number of likely N-dealkylation sites (tertiary alicyclic amines) is 5. The monoisotopic (exact) mass is 2250 g/mol. The average molecular weight is 2260 g/mol. The van der Waals surface area contributed by atoms with Crippen LogP contribution in [0.3, 0.4) is 0 Å². The van der Waals surface area contributed by atoms with E-state index in [9.17, 15) is 85.9 Å². The molecule has 806 valence electrons. The standard InChI is InChI=1S/3C18H26N4O4.C13H16BrN3O2.C12H14BrN3O2.C10H17NO3.C7H7BrN2O2.CH3F.2CH4.ClH/c3*1-11-9-12(19-16(25)26-17(2,3)4)15(24)22-13(11)14(23)20-18(22)7-6-8-21(5)10-18;1-8-6-9(14)12(19)17-10(8)11(18)15-13(17)4-3-5-16(2)7-13;1-7-5-8(13)11(18)16-9(7)10(17)15-12(16)3-2-4-14-6-12;1-10(2,3)14-9(13)11-6-4-5-8(12)7-11;1-3-2-4(8)7(12)10-5(3)6(9)11;1-2;;;/h3*9H,6-8,10H2,1-5H3,(H,19,25)(H,20,23);6H,3-5,7H2,1-2H3,(H,15,18);5,14H,2-4,6H2,1H3,(H,15,17);4-7H2,1-3H3;2H,1H3,(H2,9,11)(H,10,12);1H3;2*1H4;1H/t2*18-;;;;;;;;;/m11........./s1/i;;;;;;;1D;;;. The highest BCUT2D eigenvalue weighted by Crippen LogP contribution is 2.39. The molecule has 146 heavy (non-hydrogen) atoms. The molecular formula is C99H144Br3ClFN21O21. The maximum atomic E-state index is 13.1. The molecule has 6 saturated heterocycles. The van der Waals surface area contributed by atoms with Crippen molar-refractivity contribution in [2.45, 2.75) is 267 Å². The van der Waals surface area contributed by atoms with E-state index >= 15 is 0 Å². The van der Waals surface area contributed by atoms with Gasteiger partial charge in [0.2, 0.25) is 0 Å². The van der Waals surface area contributed by atoms with Crippen LogP contribution in [0.15, 0.2) is 78.6 Å². The number of Topliss-reactive ketones (excluding diaryl/α,β-unsaturated/α-hetero) is 1. The Kier molecular flexibility index (Phi) is 39.4. The summed E-state index contributed by atoms with van der Waals surface area (Å²) in [6.45, 7) is 40.3. The Morgan fingerprint density at radius 1 is 0.404 bits per heavy atom. The van der Waals surface area contributed by atoms with E-state index in [2.05, 4.69) is 120 Å². The van der Waals surface area contributed by atoms with E-state index < -0.39 is 98.7 Å². The van der Waals surface area contributed by atoms with Crippen molar-refractivity contribution >= 4 is 143 Å². The van der Waals surface area contributed by atoms with Crippen molar-refractivity contribution in [3.05, 3.63) is 179 Å². The van der Waals surface area contributed by atoms with Crippen molar-refractivity contribution in [2.24, 2.45) is 5.73 Å². The molecule has 11 aliphatic rings. The van der Waals surface area contributed by atoms with Gasteiger partial charge in [-0.1, -0.05) is 14.9 Å². The molecule has 11 aliphatic heterocycles. The van der Waals surface area contributed by atoms with Gasteiger partial charge >= 0.3 is 24.4 Å². The second-order valence-electron chi connectivity index (χ2n) is 41.9. The summed E-state index contributed by atoms with van der Waals surface area (Å²) in [6.07, 6.45) is 6.98. The fraction of sp³-hybridized carbons (Fsp3) is 0.586. The van der Waals surface area contributed by atoms with Gasteiger partial charge in [0.1, 0.15) is 102 Å². The number of halogens is 5. The third-order valence-electron chi connectivity index (χ3n) is 25.1. The SMILES string of the molecule is C.C.CC(C)(C)OC(=O)N1CCCC(=O)C1.Cc1cc(Br)c(=O)[nH]c1C(N)=O.Cc1cc(Br)c(=O)n2c1C(=O)NC21CCCN(C)C1.Cc1cc(Br)c(=O)n2c1C(=O)NC21CCCNC1.Cc1cc(NC(=O)OC(C)(C)C)c(=O)n2c1C(=O)NC21CCCN(C)C1.Cc1cc(NC(=O)OC(C)(C)C)c(=O)n2c1C(=O)N[C@]21CCCN(C)C1.Cc1cc(NC(=O)OC(C)(C)C)c(=O)n2c1C(=O)N[C@]21CCCN(C)C1.Cl.[2H]CF. The number of piperidine rings is 6. The number of likely N-dealkylation sites (N-methyl/N-ethyl adjacent to an activating group) is 4. The number of ketones is 1. The minimum Gasteiger partial charge on any atom is -0.444 e. The Bertz CT molecular complexity index is 6110. The molecule has 0 bridgehead atoms. The summed E-state index contributed by atoms with van der Waals surface area (Å²) in [6, 6.07) is 9.58. The van der Waals surface area contributed by atoms with Crippen LogP contribution in [0.2, 0.25) is 0 Å². The van der Waals surface area contributed by atoms with Crippen LogP contribution in [0.25, 0.3) is 0 Å². The van der Waals surface area contributed by atoms with Crippen LogP contribution in [0.1, 0.15) is 273 Å². The molecule has 12 N–H and O–H groups in total. The van der Waals surface area contributed by atoms with Crippen LogP contribution in [-0.2, 0) is 52.1 Å². The number of carbonyl (C=O) groups excluding carboxylic acids is 11. The first-order valence-electron chi connectivity index (χ1n) is 47.9. The van der Waals surface area contributed by atoms with Crippen LogP contribution in [0.4, 0.5) is 40.6 Å². The number of fused-ring (bicyclic) bond motifs is 10. The molecular weight excluding hydrogens is 2110 g/mol. The zero-order valence-corrected chi connectivity index (χ0v) is 91.3. The van der Waals surface area contributed by atoms with Gasteiger partial charge in [-0.05, 0) is 374 Å². The van der Waals surface area contributed by atoms with E-state index in [4.69, 9.17) is 26.1 Å². The van der Waals surface area contributed by atoms with Crippen molar-refractivity contribution in [1.82, 2.24) is 84.2 Å². The lowest BCUT2D eigenvalue weighted by molar-refractivity contribution is -0.122. The van der Waals surface area contributed by atoms with Gasteiger partial charge in [0, 0.05) is 45.7 Å². The zero-order chi connectivity index (χ0) is 107. The van der Waals surface area contributed by atoms with Gasteiger partial charge in [0.05, 0.1) is 28.5 Å². The molecule has 5 spiro atoms. The number of pyridine rings is 6. The molecule has 0 radical (unpaired) electrons. The van der Waals surface area contributed by atoms with Gasteiger partial charge in [-0.15, -0.1) is 12.4 Å². The summed E-state index contributed by atoms with van der Waals surface area (Å²) in [5.74, 6) is -1.56. The molecule has 0 aromatic carbocycles. The number of aryl methyl sites for hydroxylation is 6. The minimum atomic E-state index is -1.00. The van der Waals surface area contributed by atoms with Crippen molar-refractivity contribution in [1.29, 1.82) is 0 Å². The summed E-state index contributed by atoms with van der Waals surface area (Å²) in [7, 11) is 6.91. The largest absolute Gasteiger partial charge is 0.444 e. The van der Waals surface area contributed by atoms with Crippen molar-refractivity contribution in [3.8, 4) is 0 Å². The van der Waals surface area contributed by atoms with Gasteiger partial charge in [0.25, 0.3) is 68.8 Å². The third kappa shape index (κ3) is 27.8. The van der Waals surface area contributed by atoms with E-state index in [0.29, 0.717) is 129 Å². The molecule has 6 aromatic rings. The Hall–Kier alpha value is -11.3. The van der Waals surface area contributed by atoms with E-state index in [1.54, 1.807) is 117 Å². The number of rotatable bonds is 4. The molecule has 47 heteroatoms. The van der Waals surface area contributed by atoms with Crippen molar-refractivity contribution in [3.63, 3.8) is 0 Å². The third-order valence-corrected chi connectivity index (χ3v) is 26.8. The van der Waals surface area contributed by atoms with E-state index in [1.165, 1.54) is 36.8 Å². The molecule has 0 aliphatic carbocycles. The lowest BCUT2D eigenvalue weighted by atomic mass is 9.98. The molecule has 17 heterocycles. The van der Waals surface area contributed by atoms with Crippen LogP contribution in [0.5, 0.6) is 0 Å². The smallest absolute Gasteiger partial charge is 0.412 e. The molecule has 42 nitrogen and oxygen atoms in total. The highest BCUT2D eigenvalue weighted by Gasteiger charge is 2.53. The number of amides is 10. The molecule has 3 unspecified atom stereocenters. The van der Waals surface area contributed by atoms with Gasteiger partial charge in [0.15, 0.2) is 5.78 Å². The summed E-state index contributed by atoms with van der Waals surface area (Å²) in [5.41, 5.74) is 4.00. The first kappa shape index (κ1) is 120. The van der Waals surface area contributed by atoms with Gasteiger partial charge in [-0.2, -0.15) is 0 Å². The minimum absolute atomic E-state index is 0. The zero-order valence-electron chi connectivity index (χ0n) is 86.7. The Morgan fingerprint density at radius 2 is 0.678 bits per heavy atom. The quantitative estimate of drug-likeness (QED) is 0.0730. The van der Waals surface area contributed by atoms with Gasteiger partial charge in [-0.3, -0.25) is 106 Å². The number of H-pyrrole nitrogens is 1. The average Bonchev–Trinajstić information content (AvgIpc) is 1.62. The maximum absolute atomic E-state index is 13.1. The van der Waals surface area contributed by atoms with E-state index in [0.717, 1.165) is 95.2 Å². The normalized spacial score (nSPS) is 21.6. The summed E-state index contributed by atoms with van der Waals surface area (Å²) in [4.78, 5) is 219. The predicted molar refractivity (Wildman–Crippen MR) is 566 cm³/mol. The number of nitrogens with zero attached hydrogens (tertiary/aromatic N) is 10. The first-order chi connectivity index (χ1) is 66.9. The van der Waals surface area contributed by atoms with Gasteiger partial charge in [-0.25, -0.2) is 19.2 Å². The van der Waals surface area contributed by atoms with E-state index in [-0.39, 0.29) is 115 Å². The number of ether oxygens (including phenoxy) is 4. The van der Waals surface area contributed by atoms with Crippen molar-refractivity contribution in [2.75, 3.05) is 130 Å². The fourth-order valence-corrected chi connectivity index (χ4v) is 21.2. The second kappa shape index (κ2) is 47.9. The summed E-state index contributed by atoms with van der Waals surface area (Å²) in [5, 5.41) is 25.9. The first-order valence-corrected chi connectivity index (χ1v) is 49.5. The number of anilines is 3. The number of primary amides is 1. The Morgan fingerprint density at radius 3 is 0.952 bits per heavy atom. The molecule has 6 fully saturated rings. The second-order valence-corrected chi connectivity index (χ2v) is 44.5. The lowest BCUT2D eigenvalue weighted by Gasteiger charge is -2.39. The van der Waals surface area contributed by atoms with Crippen LogP contribution in [0, 0.1) is 41.5 Å². The number of hydrogen-bond acceptors (Lipinski definition) is 26. The Labute approximate surface area is 881 Å². The lowest BCUT2D eigenvalue weighted by Crippen LogP contribution is -2.57. The highest BCUT2D eigenvalue weighted by atomic mass is 79.9. The van der Waals surface area contributed by atoms with Crippen LogP contribution >= 0.6 is 60.2 Å². The number of alkyl halides is 1. The number of aromatic amines is 1. The predicted octanol–water partition coefficient (Wildman–Crippen LogP) is 11.0. The summed E-state index contributed by atoms with van der Waals surface area (Å²) >= 11 is 9.61. The number of carbonyl (C=O) groups is 11. The fourth-order valence-electron chi connectivity index (χ4n) is 19.7. The van der Waals surface area contributed by atoms with E-state index in [1.807, 2.05) is 62.8 Å². The number of hydrogen-bond donors (Lipinski definition) is 11. The van der Waals surface area contributed by atoms with Crippen LogP contribution < -0.4 is 86.9 Å². The summed E-state index contributed by atoms with van der Waals surface area (Å²) < 4.78 is 45.6. The van der Waals surface area contributed by atoms with Crippen LogP contribution in [-0.4, -0.2) is 254 Å². The maximum Gasteiger partial charge on any atom is 0.412 e.